The van der Waals surface area contributed by atoms with E-state index < -0.39 is 15.8 Å². The van der Waals surface area contributed by atoms with Crippen LogP contribution in [-0.2, 0) is 16.4 Å². The normalized spacial score (nSPS) is 15.3. The molecule has 1 aliphatic rings. The molecule has 0 unspecified atom stereocenters. The van der Waals surface area contributed by atoms with E-state index in [-0.39, 0.29) is 29.0 Å². The second-order valence-corrected chi connectivity index (χ2v) is 8.16. The average Bonchev–Trinajstić information content (AvgIpc) is 3.11. The number of para-hydroxylation sites is 1. The van der Waals surface area contributed by atoms with E-state index in [1.165, 1.54) is 12.1 Å². The van der Waals surface area contributed by atoms with Crippen molar-refractivity contribution in [2.45, 2.75) is 43.1 Å². The first kappa shape index (κ1) is 18.7. The van der Waals surface area contributed by atoms with Crippen molar-refractivity contribution in [3.63, 3.8) is 0 Å². The van der Waals surface area contributed by atoms with Crippen LogP contribution in [0.5, 0.6) is 11.5 Å². The van der Waals surface area contributed by atoms with Gasteiger partial charge in [0.2, 0.25) is 10.0 Å². The lowest BCUT2D eigenvalue weighted by atomic mass is 10.1. The van der Waals surface area contributed by atoms with Crippen LogP contribution in [0.3, 0.4) is 0 Å². The number of nitrogens with one attached hydrogen (secondary N) is 1. The standard InChI is InChI=1S/C19H22FNO4S/c20-17-13-16(9-10-19(17)25-15-6-2-3-7-15)26(23,24)21-12-11-14-5-1-4-8-18(14)22/h1,4-5,8-10,13,15,21-22H,2-3,6-7,11-12H2. The highest BCUT2D eigenvalue weighted by Gasteiger charge is 2.20. The van der Waals surface area contributed by atoms with Gasteiger partial charge in [0.1, 0.15) is 5.75 Å². The third kappa shape index (κ3) is 4.53. The Bertz CT molecular complexity index is 864. The third-order valence-electron chi connectivity index (χ3n) is 4.49. The van der Waals surface area contributed by atoms with Gasteiger partial charge < -0.3 is 9.84 Å². The molecule has 0 saturated heterocycles. The van der Waals surface area contributed by atoms with Crippen LogP contribution in [-0.4, -0.2) is 26.2 Å². The molecule has 0 aliphatic heterocycles. The monoisotopic (exact) mass is 379 g/mol. The van der Waals surface area contributed by atoms with Crippen LogP contribution in [0.25, 0.3) is 0 Å². The van der Waals surface area contributed by atoms with Crippen LogP contribution in [0.1, 0.15) is 31.2 Å². The Morgan fingerprint density at radius 3 is 2.58 bits per heavy atom. The highest BCUT2D eigenvalue weighted by Crippen LogP contribution is 2.27. The zero-order chi connectivity index (χ0) is 18.6. The van der Waals surface area contributed by atoms with Crippen molar-refractivity contribution in [1.82, 2.24) is 4.72 Å². The van der Waals surface area contributed by atoms with Crippen LogP contribution < -0.4 is 9.46 Å². The molecule has 1 aliphatic carbocycles. The Morgan fingerprint density at radius 2 is 1.88 bits per heavy atom. The van der Waals surface area contributed by atoms with Crippen LogP contribution in [0, 0.1) is 5.82 Å². The Kier molecular flexibility index (Phi) is 5.78. The maximum Gasteiger partial charge on any atom is 0.240 e. The van der Waals surface area contributed by atoms with Gasteiger partial charge in [0.05, 0.1) is 11.0 Å². The minimum atomic E-state index is -3.84. The van der Waals surface area contributed by atoms with Gasteiger partial charge in [0.25, 0.3) is 0 Å². The first-order valence-corrected chi connectivity index (χ1v) is 10.2. The second-order valence-electron chi connectivity index (χ2n) is 6.39. The van der Waals surface area contributed by atoms with Crippen molar-refractivity contribution in [2.24, 2.45) is 0 Å². The zero-order valence-electron chi connectivity index (χ0n) is 14.3. The molecule has 2 aromatic carbocycles. The van der Waals surface area contributed by atoms with Gasteiger partial charge in [0.15, 0.2) is 11.6 Å². The van der Waals surface area contributed by atoms with Crippen molar-refractivity contribution < 1.29 is 22.7 Å². The largest absolute Gasteiger partial charge is 0.508 e. The fraction of sp³-hybridized carbons (Fsp3) is 0.368. The van der Waals surface area contributed by atoms with Crippen molar-refractivity contribution in [3.8, 4) is 11.5 Å². The summed E-state index contributed by atoms with van der Waals surface area (Å²) in [6, 6.07) is 10.4. The molecular weight excluding hydrogens is 357 g/mol. The van der Waals surface area contributed by atoms with E-state index in [2.05, 4.69) is 4.72 Å². The molecule has 0 spiro atoms. The molecule has 5 nitrogen and oxygen atoms in total. The number of hydrogen-bond acceptors (Lipinski definition) is 4. The van der Waals surface area contributed by atoms with E-state index in [4.69, 9.17) is 4.74 Å². The molecular formula is C19H22FNO4S. The maximum atomic E-state index is 14.2. The minimum absolute atomic E-state index is 0.00336. The lowest BCUT2D eigenvalue weighted by molar-refractivity contribution is 0.200. The molecule has 3 rings (SSSR count). The molecule has 2 N–H and O–H groups in total. The van der Waals surface area contributed by atoms with Gasteiger partial charge in [-0.05, 0) is 61.9 Å². The summed E-state index contributed by atoms with van der Waals surface area (Å²) in [4.78, 5) is -0.147. The van der Waals surface area contributed by atoms with Gasteiger partial charge in [0, 0.05) is 6.54 Å². The lowest BCUT2D eigenvalue weighted by Gasteiger charge is -2.14. The minimum Gasteiger partial charge on any atom is -0.508 e. The second kappa shape index (κ2) is 8.05. The molecule has 1 fully saturated rings. The van der Waals surface area contributed by atoms with Crippen LogP contribution >= 0.6 is 0 Å². The molecule has 0 bridgehead atoms. The molecule has 0 amide bonds. The Morgan fingerprint density at radius 1 is 1.15 bits per heavy atom. The van der Waals surface area contributed by atoms with E-state index in [0.717, 1.165) is 31.7 Å². The number of sulfonamides is 1. The number of phenolic OH excluding ortho intramolecular Hbond substituents is 1. The summed E-state index contributed by atoms with van der Waals surface area (Å²) in [7, 11) is -3.84. The average molecular weight is 379 g/mol. The fourth-order valence-electron chi connectivity index (χ4n) is 3.06. The van der Waals surface area contributed by atoms with E-state index in [1.807, 2.05) is 0 Å². The highest BCUT2D eigenvalue weighted by molar-refractivity contribution is 7.89. The summed E-state index contributed by atoms with van der Waals surface area (Å²) >= 11 is 0. The van der Waals surface area contributed by atoms with Gasteiger partial charge in [-0.3, -0.25) is 0 Å². The quantitative estimate of drug-likeness (QED) is 0.773. The molecule has 0 aromatic heterocycles. The van der Waals surface area contributed by atoms with Crippen molar-refractivity contribution >= 4 is 10.0 Å². The summed E-state index contributed by atoms with van der Waals surface area (Å²) in [5.41, 5.74) is 0.640. The van der Waals surface area contributed by atoms with E-state index in [9.17, 15) is 17.9 Å². The number of rotatable bonds is 7. The number of phenols is 1. The molecule has 140 valence electrons. The number of benzene rings is 2. The third-order valence-corrected chi connectivity index (χ3v) is 5.95. The molecule has 0 atom stereocenters. The van der Waals surface area contributed by atoms with E-state index in [1.54, 1.807) is 24.3 Å². The van der Waals surface area contributed by atoms with Gasteiger partial charge in [-0.1, -0.05) is 18.2 Å². The molecule has 26 heavy (non-hydrogen) atoms. The van der Waals surface area contributed by atoms with Gasteiger partial charge in [-0.25, -0.2) is 17.5 Å². The topological polar surface area (TPSA) is 75.6 Å². The summed E-state index contributed by atoms with van der Waals surface area (Å²) in [5.74, 6) is -0.475. The maximum absolute atomic E-state index is 14.2. The summed E-state index contributed by atoms with van der Waals surface area (Å²) in [6.07, 6.45) is 4.26. The summed E-state index contributed by atoms with van der Waals surface area (Å²) in [5, 5.41) is 9.70. The molecule has 7 heteroatoms. The Hall–Kier alpha value is -2.12. The number of aromatic hydroxyl groups is 1. The SMILES string of the molecule is O=S(=O)(NCCc1ccccc1O)c1ccc(OC2CCCC2)c(F)c1. The molecule has 0 heterocycles. The number of halogens is 1. The Balaban J connectivity index is 1.63. The van der Waals surface area contributed by atoms with Crippen molar-refractivity contribution in [1.29, 1.82) is 0 Å². The number of hydrogen-bond donors (Lipinski definition) is 2. The first-order valence-electron chi connectivity index (χ1n) is 8.68. The van der Waals surface area contributed by atoms with Crippen molar-refractivity contribution in [2.75, 3.05) is 6.54 Å². The summed E-state index contributed by atoms with van der Waals surface area (Å²) < 4.78 is 46.9. The first-order chi connectivity index (χ1) is 12.5. The van der Waals surface area contributed by atoms with Gasteiger partial charge >= 0.3 is 0 Å². The number of ether oxygens (including phenoxy) is 1. The predicted molar refractivity (Wildman–Crippen MR) is 96.3 cm³/mol. The van der Waals surface area contributed by atoms with Crippen molar-refractivity contribution in [3.05, 3.63) is 53.8 Å². The van der Waals surface area contributed by atoms with Crippen LogP contribution in [0.2, 0.25) is 0 Å². The smallest absolute Gasteiger partial charge is 0.240 e. The highest BCUT2D eigenvalue weighted by atomic mass is 32.2. The predicted octanol–water partition coefficient (Wildman–Crippen LogP) is 3.37. The zero-order valence-corrected chi connectivity index (χ0v) is 15.1. The van der Waals surface area contributed by atoms with Crippen LogP contribution in [0.4, 0.5) is 4.39 Å². The van der Waals surface area contributed by atoms with Gasteiger partial charge in [-0.2, -0.15) is 0 Å². The van der Waals surface area contributed by atoms with E-state index in [0.29, 0.717) is 12.0 Å². The molecule has 0 radical (unpaired) electrons. The van der Waals surface area contributed by atoms with Crippen LogP contribution in [0.15, 0.2) is 47.4 Å². The lowest BCUT2D eigenvalue weighted by Crippen LogP contribution is -2.26. The Labute approximate surface area is 152 Å². The van der Waals surface area contributed by atoms with Gasteiger partial charge in [-0.15, -0.1) is 0 Å². The molecule has 1 saturated carbocycles. The fourth-order valence-corrected chi connectivity index (χ4v) is 4.10. The summed E-state index contributed by atoms with van der Waals surface area (Å²) in [6.45, 7) is 0.0991. The molecule has 2 aromatic rings. The van der Waals surface area contributed by atoms with E-state index >= 15 is 0 Å².